The third kappa shape index (κ3) is 2.45. The van der Waals surface area contributed by atoms with E-state index in [1.165, 1.54) is 6.07 Å². The molecule has 4 heteroatoms. The maximum Gasteiger partial charge on any atom is 0.336 e. The lowest BCUT2D eigenvalue weighted by Crippen LogP contribution is -1.99. The zero-order valence-electron chi connectivity index (χ0n) is 9.14. The number of hydrogen-bond acceptors (Lipinski definition) is 2. The second-order valence-electron chi connectivity index (χ2n) is 3.68. The van der Waals surface area contributed by atoms with Crippen LogP contribution in [0.25, 0.3) is 11.1 Å². The van der Waals surface area contributed by atoms with Gasteiger partial charge in [-0.3, -0.25) is 4.98 Å². The Balaban J connectivity index is 2.60. The molecule has 0 aliphatic heterocycles. The zero-order chi connectivity index (χ0) is 12.4. The summed E-state index contributed by atoms with van der Waals surface area (Å²) in [5.41, 5.74) is 2.43. The van der Waals surface area contributed by atoms with Crippen molar-refractivity contribution in [3.63, 3.8) is 0 Å². The summed E-state index contributed by atoms with van der Waals surface area (Å²) in [5, 5.41) is 9.61. The molecule has 3 nitrogen and oxygen atoms in total. The molecular weight excluding hydrogens is 238 g/mol. The lowest BCUT2D eigenvalue weighted by molar-refractivity contribution is 0.0698. The predicted octanol–water partition coefficient (Wildman–Crippen LogP) is 3.41. The van der Waals surface area contributed by atoms with Crippen molar-refractivity contribution in [2.45, 2.75) is 6.92 Å². The fourth-order valence-corrected chi connectivity index (χ4v) is 1.74. The van der Waals surface area contributed by atoms with Crippen LogP contribution < -0.4 is 0 Å². The Labute approximate surface area is 104 Å². The average molecular weight is 248 g/mol. The number of nitrogens with zero attached hydrogens (tertiary/aromatic N) is 1. The third-order valence-corrected chi connectivity index (χ3v) is 2.67. The lowest BCUT2D eigenvalue weighted by atomic mass is 10.0. The zero-order valence-corrected chi connectivity index (χ0v) is 9.90. The van der Waals surface area contributed by atoms with Crippen LogP contribution in [0, 0.1) is 6.92 Å². The van der Waals surface area contributed by atoms with Crippen molar-refractivity contribution in [1.82, 2.24) is 4.98 Å². The molecule has 0 amide bonds. The standard InChI is InChI=1S/C13H10ClNO2/c1-8-2-3-9(7-15-8)12-6-10(14)4-5-11(12)13(16)17/h2-7H,1H3,(H,16,17). The van der Waals surface area contributed by atoms with Gasteiger partial charge >= 0.3 is 5.97 Å². The molecule has 1 aromatic heterocycles. The normalized spacial score (nSPS) is 10.2. The van der Waals surface area contributed by atoms with Crippen molar-refractivity contribution in [2.75, 3.05) is 0 Å². The van der Waals surface area contributed by atoms with Crippen LogP contribution in [0.3, 0.4) is 0 Å². The van der Waals surface area contributed by atoms with Gasteiger partial charge < -0.3 is 5.11 Å². The molecule has 0 saturated carbocycles. The summed E-state index contributed by atoms with van der Waals surface area (Å²) in [6.45, 7) is 1.87. The van der Waals surface area contributed by atoms with Gasteiger partial charge in [-0.2, -0.15) is 0 Å². The molecular formula is C13H10ClNO2. The third-order valence-electron chi connectivity index (χ3n) is 2.43. The first-order valence-electron chi connectivity index (χ1n) is 5.04. The van der Waals surface area contributed by atoms with Gasteiger partial charge in [0.25, 0.3) is 0 Å². The molecule has 0 aliphatic carbocycles. The van der Waals surface area contributed by atoms with E-state index < -0.39 is 5.97 Å². The van der Waals surface area contributed by atoms with Gasteiger partial charge in [0.1, 0.15) is 0 Å². The lowest BCUT2D eigenvalue weighted by Gasteiger charge is -2.06. The van der Waals surface area contributed by atoms with Crippen LogP contribution >= 0.6 is 11.6 Å². The molecule has 0 aliphatic rings. The van der Waals surface area contributed by atoms with Crippen molar-refractivity contribution in [3.05, 3.63) is 52.8 Å². The van der Waals surface area contributed by atoms with E-state index in [9.17, 15) is 4.79 Å². The number of hydrogen-bond donors (Lipinski definition) is 1. The topological polar surface area (TPSA) is 50.2 Å². The Morgan fingerprint density at radius 2 is 2.06 bits per heavy atom. The number of pyridine rings is 1. The largest absolute Gasteiger partial charge is 0.478 e. The van der Waals surface area contributed by atoms with Crippen LogP contribution in [0.1, 0.15) is 16.1 Å². The SMILES string of the molecule is Cc1ccc(-c2cc(Cl)ccc2C(=O)O)cn1. The highest BCUT2D eigenvalue weighted by molar-refractivity contribution is 6.31. The van der Waals surface area contributed by atoms with Crippen LogP contribution in [-0.2, 0) is 0 Å². The molecule has 1 N–H and O–H groups in total. The molecule has 2 aromatic rings. The number of aromatic nitrogens is 1. The quantitative estimate of drug-likeness (QED) is 0.885. The summed E-state index contributed by atoms with van der Waals surface area (Å²) < 4.78 is 0. The minimum atomic E-state index is -0.975. The molecule has 0 spiro atoms. The molecule has 1 aromatic carbocycles. The molecule has 0 fully saturated rings. The number of carboxylic acid groups (broad SMARTS) is 1. The smallest absolute Gasteiger partial charge is 0.336 e. The van der Waals surface area contributed by atoms with Gasteiger partial charge in [-0.15, -0.1) is 0 Å². The number of halogens is 1. The average Bonchev–Trinajstić information content (AvgIpc) is 2.29. The minimum absolute atomic E-state index is 0.222. The first-order valence-corrected chi connectivity index (χ1v) is 5.41. The molecule has 0 unspecified atom stereocenters. The fraction of sp³-hybridized carbons (Fsp3) is 0.0769. The van der Waals surface area contributed by atoms with Gasteiger partial charge in [-0.25, -0.2) is 4.79 Å². The van der Waals surface area contributed by atoms with E-state index in [4.69, 9.17) is 16.7 Å². The Kier molecular flexibility index (Phi) is 3.11. The molecule has 0 bridgehead atoms. The van der Waals surface area contributed by atoms with Crippen molar-refractivity contribution < 1.29 is 9.90 Å². The first kappa shape index (κ1) is 11.6. The van der Waals surface area contributed by atoms with Crippen molar-refractivity contribution in [1.29, 1.82) is 0 Å². The van der Waals surface area contributed by atoms with E-state index in [-0.39, 0.29) is 5.56 Å². The minimum Gasteiger partial charge on any atom is -0.478 e. The Hall–Kier alpha value is -1.87. The highest BCUT2D eigenvalue weighted by Crippen LogP contribution is 2.26. The number of aromatic carboxylic acids is 1. The summed E-state index contributed by atoms with van der Waals surface area (Å²) >= 11 is 5.89. The Morgan fingerprint density at radius 3 is 2.65 bits per heavy atom. The monoisotopic (exact) mass is 247 g/mol. The van der Waals surface area contributed by atoms with Gasteiger partial charge in [0.15, 0.2) is 0 Å². The number of aryl methyl sites for hydroxylation is 1. The Morgan fingerprint density at radius 1 is 1.29 bits per heavy atom. The summed E-state index contributed by atoms with van der Waals surface area (Å²) in [7, 11) is 0. The van der Waals surface area contributed by atoms with E-state index in [1.807, 2.05) is 19.1 Å². The summed E-state index contributed by atoms with van der Waals surface area (Å²) in [4.78, 5) is 15.3. The Bertz CT molecular complexity index is 564. The van der Waals surface area contributed by atoms with Gasteiger partial charge in [-0.05, 0) is 36.8 Å². The molecule has 1 heterocycles. The van der Waals surface area contributed by atoms with E-state index in [1.54, 1.807) is 18.3 Å². The van der Waals surface area contributed by atoms with Crippen molar-refractivity contribution in [2.24, 2.45) is 0 Å². The molecule has 17 heavy (non-hydrogen) atoms. The van der Waals surface area contributed by atoms with Gasteiger partial charge in [0, 0.05) is 22.5 Å². The van der Waals surface area contributed by atoms with E-state index in [2.05, 4.69) is 4.98 Å². The first-order chi connectivity index (χ1) is 8.08. The predicted molar refractivity (Wildman–Crippen MR) is 66.4 cm³/mol. The molecule has 2 rings (SSSR count). The highest BCUT2D eigenvalue weighted by atomic mass is 35.5. The molecule has 0 saturated heterocycles. The summed E-state index contributed by atoms with van der Waals surface area (Å²) in [6.07, 6.45) is 1.65. The van der Waals surface area contributed by atoms with E-state index >= 15 is 0 Å². The number of carbonyl (C=O) groups is 1. The second-order valence-corrected chi connectivity index (χ2v) is 4.12. The fourth-order valence-electron chi connectivity index (χ4n) is 1.57. The number of rotatable bonds is 2. The maximum absolute atomic E-state index is 11.1. The van der Waals surface area contributed by atoms with Gasteiger partial charge in [0.05, 0.1) is 5.56 Å². The summed E-state index contributed by atoms with van der Waals surface area (Å²) in [6, 6.07) is 8.37. The van der Waals surface area contributed by atoms with Crippen LogP contribution in [0.15, 0.2) is 36.5 Å². The van der Waals surface area contributed by atoms with Crippen molar-refractivity contribution in [3.8, 4) is 11.1 Å². The molecule has 86 valence electrons. The van der Waals surface area contributed by atoms with Gasteiger partial charge in [-0.1, -0.05) is 17.7 Å². The van der Waals surface area contributed by atoms with E-state index in [0.717, 1.165) is 11.3 Å². The van der Waals surface area contributed by atoms with Gasteiger partial charge in [0.2, 0.25) is 0 Å². The molecule has 0 atom stereocenters. The maximum atomic E-state index is 11.1. The van der Waals surface area contributed by atoms with Crippen LogP contribution in [0.4, 0.5) is 0 Å². The number of benzene rings is 1. The van der Waals surface area contributed by atoms with Crippen LogP contribution in [-0.4, -0.2) is 16.1 Å². The molecule has 0 radical (unpaired) electrons. The summed E-state index contributed by atoms with van der Waals surface area (Å²) in [5.74, 6) is -0.975. The van der Waals surface area contributed by atoms with Crippen LogP contribution in [0.5, 0.6) is 0 Å². The number of carboxylic acids is 1. The second kappa shape index (κ2) is 4.55. The van der Waals surface area contributed by atoms with Crippen LogP contribution in [0.2, 0.25) is 5.02 Å². The highest BCUT2D eigenvalue weighted by Gasteiger charge is 2.12. The van der Waals surface area contributed by atoms with E-state index in [0.29, 0.717) is 10.6 Å². The van der Waals surface area contributed by atoms with Crippen molar-refractivity contribution >= 4 is 17.6 Å².